The molecule has 1 saturated carbocycles. The Bertz CT molecular complexity index is 1050. The van der Waals surface area contributed by atoms with Crippen LogP contribution in [0.5, 0.6) is 5.75 Å². The average molecular weight is 494 g/mol. The molecular formula is C28H35N3O5. The molecule has 2 aromatic rings. The van der Waals surface area contributed by atoms with E-state index >= 15 is 0 Å². The van der Waals surface area contributed by atoms with Gasteiger partial charge < -0.3 is 25.4 Å². The Morgan fingerprint density at radius 3 is 2.28 bits per heavy atom. The van der Waals surface area contributed by atoms with Gasteiger partial charge in [-0.1, -0.05) is 49.4 Å². The van der Waals surface area contributed by atoms with E-state index in [0.29, 0.717) is 25.3 Å². The van der Waals surface area contributed by atoms with Gasteiger partial charge in [0, 0.05) is 18.4 Å². The van der Waals surface area contributed by atoms with Crippen LogP contribution in [0.15, 0.2) is 54.6 Å². The Kier molecular flexibility index (Phi) is 8.38. The van der Waals surface area contributed by atoms with Crippen LogP contribution in [0.1, 0.15) is 30.9 Å². The first kappa shape index (κ1) is 25.9. The molecular weight excluding hydrogens is 458 g/mol. The van der Waals surface area contributed by atoms with Crippen LogP contribution in [0.2, 0.25) is 0 Å². The van der Waals surface area contributed by atoms with Gasteiger partial charge in [0.1, 0.15) is 17.8 Å². The molecule has 0 spiro atoms. The molecule has 36 heavy (non-hydrogen) atoms. The maximum atomic E-state index is 13.6. The third-order valence-electron chi connectivity index (χ3n) is 6.98. The maximum Gasteiger partial charge on any atom is 0.243 e. The van der Waals surface area contributed by atoms with E-state index in [1.54, 1.807) is 7.11 Å². The van der Waals surface area contributed by atoms with E-state index in [4.69, 9.17) is 9.47 Å². The molecule has 2 aliphatic rings. The monoisotopic (exact) mass is 493 g/mol. The fourth-order valence-electron chi connectivity index (χ4n) is 4.40. The highest BCUT2D eigenvalue weighted by Crippen LogP contribution is 2.46. The first-order valence-electron chi connectivity index (χ1n) is 12.5. The van der Waals surface area contributed by atoms with Gasteiger partial charge in [0.15, 0.2) is 5.78 Å². The van der Waals surface area contributed by atoms with Crippen molar-refractivity contribution in [1.82, 2.24) is 16.0 Å². The van der Waals surface area contributed by atoms with Gasteiger partial charge in [-0.25, -0.2) is 0 Å². The lowest BCUT2D eigenvalue weighted by atomic mass is 9.92. The number of morpholine rings is 1. The molecule has 1 heterocycles. The van der Waals surface area contributed by atoms with Crippen LogP contribution in [0.3, 0.4) is 0 Å². The van der Waals surface area contributed by atoms with Crippen LogP contribution in [-0.4, -0.2) is 62.6 Å². The molecule has 0 aromatic heterocycles. The number of carbonyl (C=O) groups is 3. The van der Waals surface area contributed by atoms with Crippen molar-refractivity contribution in [1.29, 1.82) is 0 Å². The van der Waals surface area contributed by atoms with Gasteiger partial charge in [0.2, 0.25) is 11.8 Å². The molecule has 3 atom stereocenters. The Morgan fingerprint density at radius 1 is 1.00 bits per heavy atom. The van der Waals surface area contributed by atoms with Gasteiger partial charge in [-0.15, -0.1) is 0 Å². The average Bonchev–Trinajstić information content (AvgIpc) is 3.67. The van der Waals surface area contributed by atoms with Gasteiger partial charge >= 0.3 is 0 Å². The molecule has 8 nitrogen and oxygen atoms in total. The van der Waals surface area contributed by atoms with Crippen molar-refractivity contribution in [2.75, 3.05) is 26.9 Å². The molecule has 0 bridgehead atoms. The quantitative estimate of drug-likeness (QED) is 0.441. The van der Waals surface area contributed by atoms with Crippen molar-refractivity contribution in [3.05, 3.63) is 65.7 Å². The summed E-state index contributed by atoms with van der Waals surface area (Å²) in [7, 11) is 1.59. The largest absolute Gasteiger partial charge is 0.497 e. The Balaban J connectivity index is 1.52. The minimum atomic E-state index is -0.854. The van der Waals surface area contributed by atoms with E-state index in [9.17, 15) is 14.4 Å². The second kappa shape index (κ2) is 11.7. The highest BCUT2D eigenvalue weighted by molar-refractivity contribution is 5.97. The van der Waals surface area contributed by atoms with Crippen molar-refractivity contribution in [2.24, 2.45) is 5.41 Å². The Hall–Kier alpha value is -3.23. The summed E-state index contributed by atoms with van der Waals surface area (Å²) in [5.74, 6) is 0.0630. The summed E-state index contributed by atoms with van der Waals surface area (Å²) < 4.78 is 10.6. The van der Waals surface area contributed by atoms with E-state index < -0.39 is 23.5 Å². The van der Waals surface area contributed by atoms with Crippen molar-refractivity contribution in [3.8, 4) is 5.75 Å². The zero-order valence-electron chi connectivity index (χ0n) is 20.9. The number of ketones is 1. The molecule has 4 rings (SSSR count). The van der Waals surface area contributed by atoms with Crippen LogP contribution < -0.4 is 20.7 Å². The molecule has 1 aliphatic carbocycles. The highest BCUT2D eigenvalue weighted by Gasteiger charge is 2.48. The van der Waals surface area contributed by atoms with Gasteiger partial charge in [0.05, 0.1) is 26.4 Å². The lowest BCUT2D eigenvalue weighted by Crippen LogP contribution is -2.58. The number of methoxy groups -OCH3 is 1. The van der Waals surface area contributed by atoms with E-state index in [2.05, 4.69) is 16.0 Å². The second-order valence-corrected chi connectivity index (χ2v) is 9.87. The molecule has 0 radical (unpaired) electrons. The number of carbonyl (C=O) groups excluding carboxylic acids is 3. The molecule has 1 aliphatic heterocycles. The summed E-state index contributed by atoms with van der Waals surface area (Å²) in [5.41, 5.74) is 1.44. The molecule has 2 aromatic carbocycles. The fourth-order valence-corrected chi connectivity index (χ4v) is 4.40. The number of hydrogen-bond donors (Lipinski definition) is 3. The van der Waals surface area contributed by atoms with Crippen molar-refractivity contribution < 1.29 is 23.9 Å². The van der Waals surface area contributed by atoms with Gasteiger partial charge in [-0.2, -0.15) is 0 Å². The number of ether oxygens (including phenoxy) is 2. The summed E-state index contributed by atoms with van der Waals surface area (Å²) in [6.45, 7) is 3.31. The summed E-state index contributed by atoms with van der Waals surface area (Å²) in [6, 6.07) is 15.0. The molecule has 1 saturated heterocycles. The smallest absolute Gasteiger partial charge is 0.243 e. The second-order valence-electron chi connectivity index (χ2n) is 9.87. The normalized spacial score (nSPS) is 20.0. The van der Waals surface area contributed by atoms with Gasteiger partial charge in [0.25, 0.3) is 0 Å². The summed E-state index contributed by atoms with van der Waals surface area (Å²) >= 11 is 0. The predicted molar refractivity (Wildman–Crippen MR) is 136 cm³/mol. The SMILES string of the molecule is COc1ccc(CC(NC(=O)C2COCCN2)C(=O)N[C@@H](Cc2ccccc2)C(=O)C2(C)CC2)cc1. The van der Waals surface area contributed by atoms with Gasteiger partial charge in [-0.3, -0.25) is 14.4 Å². The first-order valence-corrected chi connectivity index (χ1v) is 12.5. The predicted octanol–water partition coefficient (Wildman–Crippen LogP) is 1.81. The minimum absolute atomic E-state index is 0.0385. The fraction of sp³-hybridized carbons (Fsp3) is 0.464. The third kappa shape index (κ3) is 6.71. The van der Waals surface area contributed by atoms with Crippen LogP contribution in [-0.2, 0) is 32.0 Å². The lowest BCUT2D eigenvalue weighted by molar-refractivity contribution is -0.134. The Labute approximate surface area is 212 Å². The zero-order chi connectivity index (χ0) is 25.5. The molecule has 8 heteroatoms. The van der Waals surface area contributed by atoms with E-state index in [-0.39, 0.29) is 30.6 Å². The first-order chi connectivity index (χ1) is 17.4. The standard InChI is InChI=1S/C28H35N3O5/c1-28(12-13-28)25(32)22(16-19-6-4-3-5-7-19)30-26(33)23(17-20-8-10-21(35-2)11-9-20)31-27(34)24-18-36-15-14-29-24/h3-11,22-24,29H,12-18H2,1-2H3,(H,30,33)(H,31,34)/t22-,23?,24?/m0/s1. The van der Waals surface area contributed by atoms with E-state index in [0.717, 1.165) is 24.0 Å². The lowest BCUT2D eigenvalue weighted by Gasteiger charge is -2.28. The van der Waals surface area contributed by atoms with Crippen LogP contribution in [0.25, 0.3) is 0 Å². The molecule has 2 fully saturated rings. The van der Waals surface area contributed by atoms with Crippen LogP contribution in [0.4, 0.5) is 0 Å². The number of amides is 2. The number of rotatable bonds is 11. The van der Waals surface area contributed by atoms with Crippen molar-refractivity contribution in [3.63, 3.8) is 0 Å². The van der Waals surface area contributed by atoms with E-state index in [1.807, 2.05) is 61.5 Å². The summed E-state index contributed by atoms with van der Waals surface area (Å²) in [6.07, 6.45) is 2.33. The van der Waals surface area contributed by atoms with Gasteiger partial charge in [-0.05, 0) is 42.5 Å². The summed E-state index contributed by atoms with van der Waals surface area (Å²) in [4.78, 5) is 39.9. The number of hydrogen-bond acceptors (Lipinski definition) is 6. The molecule has 192 valence electrons. The Morgan fingerprint density at radius 2 is 1.67 bits per heavy atom. The summed E-state index contributed by atoms with van der Waals surface area (Å²) in [5, 5.41) is 9.00. The molecule has 2 amide bonds. The molecule has 2 unspecified atom stereocenters. The number of nitrogens with one attached hydrogen (secondary N) is 3. The third-order valence-corrected chi connectivity index (χ3v) is 6.98. The number of Topliss-reactive ketones (excluding diaryl/α,β-unsaturated/α-hetero) is 1. The maximum absolute atomic E-state index is 13.6. The zero-order valence-corrected chi connectivity index (χ0v) is 20.9. The number of benzene rings is 2. The van der Waals surface area contributed by atoms with Crippen LogP contribution >= 0.6 is 0 Å². The highest BCUT2D eigenvalue weighted by atomic mass is 16.5. The molecule has 3 N–H and O–H groups in total. The van der Waals surface area contributed by atoms with Crippen LogP contribution in [0, 0.1) is 5.41 Å². The van der Waals surface area contributed by atoms with Crippen molar-refractivity contribution in [2.45, 2.75) is 50.7 Å². The van der Waals surface area contributed by atoms with E-state index in [1.165, 1.54) is 0 Å². The minimum Gasteiger partial charge on any atom is -0.497 e. The topological polar surface area (TPSA) is 106 Å². The van der Waals surface area contributed by atoms with Crippen molar-refractivity contribution >= 4 is 17.6 Å².